The molecule has 0 aliphatic rings. The van der Waals surface area contributed by atoms with Gasteiger partial charge in [0.1, 0.15) is 5.82 Å². The van der Waals surface area contributed by atoms with Crippen LogP contribution in [0.1, 0.15) is 21.5 Å². The number of nitrogens with one attached hydrogen (secondary N) is 1. The van der Waals surface area contributed by atoms with E-state index in [2.05, 4.69) is 9.97 Å². The van der Waals surface area contributed by atoms with E-state index in [1.54, 1.807) is 48.7 Å². The van der Waals surface area contributed by atoms with Crippen molar-refractivity contribution in [3.8, 4) is 0 Å². The molecule has 0 atom stereocenters. The lowest BCUT2D eigenvalue weighted by molar-refractivity contribution is -0.192. The fourth-order valence-corrected chi connectivity index (χ4v) is 3.56. The van der Waals surface area contributed by atoms with E-state index in [1.807, 2.05) is 6.92 Å². The zero-order valence-corrected chi connectivity index (χ0v) is 19.8. The van der Waals surface area contributed by atoms with E-state index in [1.165, 1.54) is 23.2 Å². The van der Waals surface area contributed by atoms with E-state index in [4.69, 9.17) is 21.5 Å². The van der Waals surface area contributed by atoms with Crippen LogP contribution in [0.2, 0.25) is 5.02 Å². The lowest BCUT2D eigenvalue weighted by Crippen LogP contribution is -2.31. The van der Waals surface area contributed by atoms with Crippen LogP contribution in [0.3, 0.4) is 0 Å². The SMILES string of the molecule is Cc1ccncc1C(=O)N(Cc1cc(=O)[nH]c2c(F)cccc12)c1cccc(Cl)c1.O=C(O)C(F)(F)F. The van der Waals surface area contributed by atoms with Crippen LogP contribution in [0.5, 0.6) is 0 Å². The molecule has 2 heterocycles. The molecule has 4 rings (SSSR count). The van der Waals surface area contributed by atoms with E-state index >= 15 is 0 Å². The molecule has 12 heteroatoms. The summed E-state index contributed by atoms with van der Waals surface area (Å²) in [6.07, 6.45) is -1.96. The van der Waals surface area contributed by atoms with Crippen LogP contribution in [0.15, 0.2) is 71.8 Å². The number of aromatic amines is 1. The second kappa shape index (κ2) is 11.2. The van der Waals surface area contributed by atoms with Gasteiger partial charge in [-0.05, 0) is 48.4 Å². The zero-order chi connectivity index (χ0) is 27.3. The highest BCUT2D eigenvalue weighted by Gasteiger charge is 2.38. The number of pyridine rings is 2. The number of hydrogen-bond donors (Lipinski definition) is 2. The molecule has 0 aliphatic heterocycles. The van der Waals surface area contributed by atoms with E-state index in [0.717, 1.165) is 5.56 Å². The number of carbonyl (C=O) groups is 2. The number of carboxylic acids is 1. The van der Waals surface area contributed by atoms with E-state index in [9.17, 15) is 27.2 Å². The highest BCUT2D eigenvalue weighted by molar-refractivity contribution is 6.31. The molecule has 0 bridgehead atoms. The molecular weight excluding hydrogens is 518 g/mol. The van der Waals surface area contributed by atoms with E-state index < -0.39 is 23.5 Å². The minimum atomic E-state index is -5.08. The average molecular weight is 536 g/mol. The van der Waals surface area contributed by atoms with Gasteiger partial charge in [-0.1, -0.05) is 29.8 Å². The highest BCUT2D eigenvalue weighted by Crippen LogP contribution is 2.26. The van der Waals surface area contributed by atoms with E-state index in [0.29, 0.717) is 27.2 Å². The molecule has 2 N–H and O–H groups in total. The number of aromatic nitrogens is 2. The van der Waals surface area contributed by atoms with Crippen LogP contribution < -0.4 is 10.5 Å². The normalized spacial score (nSPS) is 11.0. The maximum absolute atomic E-state index is 14.3. The molecular formula is C25H18ClF4N3O4. The number of H-pyrrole nitrogens is 1. The maximum atomic E-state index is 14.3. The summed E-state index contributed by atoms with van der Waals surface area (Å²) >= 11 is 6.16. The number of halogens is 5. The van der Waals surface area contributed by atoms with Crippen LogP contribution in [0.25, 0.3) is 10.9 Å². The molecule has 1 amide bonds. The number of aliphatic carboxylic acids is 1. The Morgan fingerprint density at radius 1 is 1.11 bits per heavy atom. The summed E-state index contributed by atoms with van der Waals surface area (Å²) in [5, 5.41) is 8.12. The van der Waals surface area contributed by atoms with Crippen LogP contribution in [0, 0.1) is 12.7 Å². The van der Waals surface area contributed by atoms with Gasteiger partial charge in [0.15, 0.2) is 0 Å². The van der Waals surface area contributed by atoms with Crippen molar-refractivity contribution in [2.24, 2.45) is 0 Å². The van der Waals surface area contributed by atoms with E-state index in [-0.39, 0.29) is 18.0 Å². The monoisotopic (exact) mass is 535 g/mol. The fraction of sp³-hybridized carbons (Fsp3) is 0.120. The predicted octanol–water partition coefficient (Wildman–Crippen LogP) is 5.50. The molecule has 192 valence electrons. The molecule has 37 heavy (non-hydrogen) atoms. The predicted molar refractivity (Wildman–Crippen MR) is 129 cm³/mol. The number of benzene rings is 2. The Balaban J connectivity index is 0.000000479. The van der Waals surface area contributed by atoms with Gasteiger partial charge in [0.25, 0.3) is 5.91 Å². The Kier molecular flexibility index (Phi) is 8.28. The molecule has 0 aliphatic carbocycles. The number of rotatable bonds is 4. The second-order valence-electron chi connectivity index (χ2n) is 7.69. The largest absolute Gasteiger partial charge is 0.490 e. The molecule has 7 nitrogen and oxygen atoms in total. The van der Waals surface area contributed by atoms with Gasteiger partial charge in [-0.3, -0.25) is 14.6 Å². The Bertz CT molecular complexity index is 1520. The van der Waals surface area contributed by atoms with Gasteiger partial charge >= 0.3 is 12.1 Å². The van der Waals surface area contributed by atoms with Crippen molar-refractivity contribution >= 4 is 40.1 Å². The molecule has 0 saturated heterocycles. The van der Waals surface area contributed by atoms with Gasteiger partial charge in [0.05, 0.1) is 17.6 Å². The lowest BCUT2D eigenvalue weighted by Gasteiger charge is -2.24. The Labute approximate surface area is 212 Å². The van der Waals surface area contributed by atoms with Gasteiger partial charge in [-0.15, -0.1) is 0 Å². The number of fused-ring (bicyclic) bond motifs is 1. The van der Waals surface area contributed by atoms with Gasteiger partial charge in [-0.2, -0.15) is 13.2 Å². The third-order valence-corrected chi connectivity index (χ3v) is 5.35. The van der Waals surface area contributed by atoms with Crippen molar-refractivity contribution < 1.29 is 32.3 Å². The van der Waals surface area contributed by atoms with Gasteiger partial charge in [-0.25, -0.2) is 9.18 Å². The van der Waals surface area contributed by atoms with Gasteiger partial charge < -0.3 is 15.0 Å². The number of hydrogen-bond acceptors (Lipinski definition) is 4. The number of para-hydroxylation sites is 1. The smallest absolute Gasteiger partial charge is 0.475 e. The van der Waals surface area contributed by atoms with Crippen molar-refractivity contribution in [1.82, 2.24) is 9.97 Å². The number of anilines is 1. The number of carboxylic acid groups (broad SMARTS) is 1. The fourth-order valence-electron chi connectivity index (χ4n) is 3.37. The summed E-state index contributed by atoms with van der Waals surface area (Å²) in [5.41, 5.74) is 1.93. The van der Waals surface area contributed by atoms with Crippen molar-refractivity contribution in [3.63, 3.8) is 0 Å². The molecule has 2 aromatic carbocycles. The van der Waals surface area contributed by atoms with Crippen LogP contribution in [-0.2, 0) is 11.3 Å². The van der Waals surface area contributed by atoms with Gasteiger partial charge in [0, 0.05) is 34.6 Å². The molecule has 2 aromatic heterocycles. The van der Waals surface area contributed by atoms with Crippen LogP contribution >= 0.6 is 11.6 Å². The number of nitrogens with zero attached hydrogens (tertiary/aromatic N) is 2. The molecule has 0 spiro atoms. The van der Waals surface area contributed by atoms with Gasteiger partial charge in [0.2, 0.25) is 5.56 Å². The summed E-state index contributed by atoms with van der Waals surface area (Å²) in [4.78, 5) is 42.6. The Hall–Kier alpha value is -4.25. The molecule has 0 fully saturated rings. The second-order valence-corrected chi connectivity index (χ2v) is 8.12. The highest BCUT2D eigenvalue weighted by atomic mass is 35.5. The Morgan fingerprint density at radius 2 is 1.78 bits per heavy atom. The molecule has 4 aromatic rings. The van der Waals surface area contributed by atoms with Crippen molar-refractivity contribution in [2.45, 2.75) is 19.6 Å². The minimum Gasteiger partial charge on any atom is -0.475 e. The number of amides is 1. The van der Waals surface area contributed by atoms with Crippen molar-refractivity contribution in [3.05, 3.63) is 105 Å². The first-order valence-electron chi connectivity index (χ1n) is 10.5. The van der Waals surface area contributed by atoms with Crippen LogP contribution in [0.4, 0.5) is 23.2 Å². The Morgan fingerprint density at radius 3 is 2.41 bits per heavy atom. The number of alkyl halides is 3. The molecule has 0 saturated carbocycles. The first-order valence-corrected chi connectivity index (χ1v) is 10.8. The van der Waals surface area contributed by atoms with Crippen LogP contribution in [-0.4, -0.2) is 33.1 Å². The topological polar surface area (TPSA) is 103 Å². The lowest BCUT2D eigenvalue weighted by atomic mass is 10.1. The molecule has 0 radical (unpaired) electrons. The maximum Gasteiger partial charge on any atom is 0.490 e. The third kappa shape index (κ3) is 6.70. The standard InChI is InChI=1S/C23H17ClFN3O2.C2HF3O2/c1-14-8-9-26-12-19(14)23(30)28(17-5-2-4-16(24)11-17)13-15-10-21(29)27-22-18(15)6-3-7-20(22)25;3-2(4,5)1(6)7/h2-12H,13H2,1H3,(H,27,29);(H,6,7). The number of carbonyl (C=O) groups excluding carboxylic acids is 1. The van der Waals surface area contributed by atoms with Crippen molar-refractivity contribution in [2.75, 3.05) is 4.90 Å². The summed E-state index contributed by atoms with van der Waals surface area (Å²) in [7, 11) is 0. The summed E-state index contributed by atoms with van der Waals surface area (Å²) in [5.74, 6) is -3.59. The summed E-state index contributed by atoms with van der Waals surface area (Å²) < 4.78 is 46.0. The first-order chi connectivity index (χ1) is 17.4. The summed E-state index contributed by atoms with van der Waals surface area (Å²) in [6.45, 7) is 1.88. The first kappa shape index (κ1) is 27.3. The average Bonchev–Trinajstić information content (AvgIpc) is 2.83. The third-order valence-electron chi connectivity index (χ3n) is 5.12. The molecule has 0 unspecified atom stereocenters. The zero-order valence-electron chi connectivity index (χ0n) is 19.0. The summed E-state index contributed by atoms with van der Waals surface area (Å²) in [6, 6.07) is 14.6. The number of aryl methyl sites for hydroxylation is 1. The minimum absolute atomic E-state index is 0.0530. The van der Waals surface area contributed by atoms with Crippen molar-refractivity contribution in [1.29, 1.82) is 0 Å². The quantitative estimate of drug-likeness (QED) is 0.336.